The lowest BCUT2D eigenvalue weighted by molar-refractivity contribution is 0.0973. The summed E-state index contributed by atoms with van der Waals surface area (Å²) in [5.41, 5.74) is -0.104. The van der Waals surface area contributed by atoms with Crippen LogP contribution < -0.4 is 4.74 Å². The van der Waals surface area contributed by atoms with E-state index >= 15 is 0 Å². The molecule has 3 aromatic rings. The van der Waals surface area contributed by atoms with Crippen molar-refractivity contribution >= 4 is 24.2 Å². The van der Waals surface area contributed by atoms with E-state index in [1.807, 2.05) is 0 Å². The van der Waals surface area contributed by atoms with Crippen molar-refractivity contribution in [3.8, 4) is 23.0 Å². The summed E-state index contributed by atoms with van der Waals surface area (Å²) in [6, 6.07) is 14.0. The van der Waals surface area contributed by atoms with Crippen molar-refractivity contribution in [1.82, 2.24) is 0 Å². The fourth-order valence-electron chi connectivity index (χ4n) is 2.95. The lowest BCUT2D eigenvalue weighted by Gasteiger charge is -2.20. The molecule has 5 nitrogen and oxygen atoms in total. The van der Waals surface area contributed by atoms with Crippen LogP contribution in [0, 0.1) is 0 Å². The van der Waals surface area contributed by atoms with Crippen molar-refractivity contribution in [3.63, 3.8) is 0 Å². The van der Waals surface area contributed by atoms with Gasteiger partial charge < -0.3 is 14.9 Å². The number of carbonyl (C=O) groups is 2. The highest BCUT2D eigenvalue weighted by atomic mass is 32.1. The number of hydrogen-bond donors (Lipinski definition) is 3. The van der Waals surface area contributed by atoms with E-state index in [1.165, 1.54) is 12.1 Å². The highest BCUT2D eigenvalue weighted by Gasteiger charge is 2.36. The molecule has 128 valence electrons. The number of carbonyl (C=O) groups excluding carboxylic acids is 2. The molecule has 6 heteroatoms. The third-order valence-electron chi connectivity index (χ3n) is 4.18. The molecule has 1 aliphatic rings. The van der Waals surface area contributed by atoms with Gasteiger partial charge >= 0.3 is 0 Å². The Hall–Kier alpha value is -3.25. The highest BCUT2D eigenvalue weighted by molar-refractivity contribution is 7.80. The summed E-state index contributed by atoms with van der Waals surface area (Å²) in [6.45, 7) is 0. The van der Waals surface area contributed by atoms with Crippen molar-refractivity contribution in [2.24, 2.45) is 0 Å². The Labute approximate surface area is 153 Å². The standard InChI is InChI=1S/C20H12O5S/c21-14-9-15(25-10-5-7-11(26)8-6-10)20(24)17-16(14)18(22)12-3-1-2-4-13(12)19(17)23/h1-9,21,24,26H. The average molecular weight is 364 g/mol. The number of fused-ring (bicyclic) bond motifs is 2. The van der Waals surface area contributed by atoms with Gasteiger partial charge in [0, 0.05) is 22.1 Å². The number of phenols is 2. The first-order valence-electron chi connectivity index (χ1n) is 7.71. The normalized spacial score (nSPS) is 12.5. The quantitative estimate of drug-likeness (QED) is 0.370. The molecular formula is C20H12O5S. The van der Waals surface area contributed by atoms with Crippen LogP contribution in [0.2, 0.25) is 0 Å². The fraction of sp³-hybridized carbons (Fsp3) is 0. The molecule has 0 aliphatic heterocycles. The van der Waals surface area contributed by atoms with Crippen molar-refractivity contribution < 1.29 is 24.5 Å². The van der Waals surface area contributed by atoms with E-state index < -0.39 is 23.1 Å². The minimum Gasteiger partial charge on any atom is -0.507 e. The Kier molecular flexibility index (Phi) is 3.70. The Morgan fingerprint density at radius 1 is 0.808 bits per heavy atom. The smallest absolute Gasteiger partial charge is 0.198 e. The molecule has 1 aliphatic carbocycles. The second-order valence-electron chi connectivity index (χ2n) is 5.79. The first kappa shape index (κ1) is 16.2. The topological polar surface area (TPSA) is 83.8 Å². The van der Waals surface area contributed by atoms with Gasteiger partial charge in [0.2, 0.25) is 0 Å². The molecule has 0 unspecified atom stereocenters. The van der Waals surface area contributed by atoms with Crippen molar-refractivity contribution in [2.45, 2.75) is 4.90 Å². The van der Waals surface area contributed by atoms with Gasteiger partial charge in [0.05, 0.1) is 11.1 Å². The summed E-state index contributed by atoms with van der Waals surface area (Å²) >= 11 is 4.18. The highest BCUT2D eigenvalue weighted by Crippen LogP contribution is 2.44. The van der Waals surface area contributed by atoms with Gasteiger partial charge in [0.1, 0.15) is 11.5 Å². The van der Waals surface area contributed by atoms with Gasteiger partial charge in [0.15, 0.2) is 23.1 Å². The molecule has 4 rings (SSSR count). The molecule has 0 bridgehead atoms. The number of benzene rings is 3. The largest absolute Gasteiger partial charge is 0.507 e. The van der Waals surface area contributed by atoms with E-state index in [4.69, 9.17) is 4.74 Å². The van der Waals surface area contributed by atoms with Crippen LogP contribution >= 0.6 is 12.6 Å². The average Bonchev–Trinajstić information content (AvgIpc) is 2.64. The van der Waals surface area contributed by atoms with Crippen LogP contribution in [0.5, 0.6) is 23.0 Å². The summed E-state index contributed by atoms with van der Waals surface area (Å²) in [7, 11) is 0. The van der Waals surface area contributed by atoms with Crippen LogP contribution in [-0.2, 0) is 0 Å². The van der Waals surface area contributed by atoms with Crippen LogP contribution in [0.15, 0.2) is 59.5 Å². The Bertz CT molecular complexity index is 1070. The van der Waals surface area contributed by atoms with Crippen molar-refractivity contribution in [3.05, 3.63) is 76.9 Å². The van der Waals surface area contributed by atoms with Gasteiger partial charge in [-0.3, -0.25) is 9.59 Å². The third kappa shape index (κ3) is 2.43. The van der Waals surface area contributed by atoms with Gasteiger partial charge in [-0.05, 0) is 24.3 Å². The number of aromatic hydroxyl groups is 2. The van der Waals surface area contributed by atoms with Gasteiger partial charge in [0.25, 0.3) is 0 Å². The maximum Gasteiger partial charge on any atom is 0.198 e. The second kappa shape index (κ2) is 5.93. The van der Waals surface area contributed by atoms with E-state index in [-0.39, 0.29) is 28.0 Å². The lowest BCUT2D eigenvalue weighted by Crippen LogP contribution is -2.21. The zero-order valence-electron chi connectivity index (χ0n) is 13.3. The van der Waals surface area contributed by atoms with Gasteiger partial charge in [-0.2, -0.15) is 0 Å². The predicted octanol–water partition coefficient (Wildman–Crippen LogP) is 3.95. The van der Waals surface area contributed by atoms with Crippen molar-refractivity contribution in [2.75, 3.05) is 0 Å². The van der Waals surface area contributed by atoms with Gasteiger partial charge in [-0.25, -0.2) is 0 Å². The number of hydrogen-bond acceptors (Lipinski definition) is 6. The minimum absolute atomic E-state index is 0.117. The molecule has 26 heavy (non-hydrogen) atoms. The summed E-state index contributed by atoms with van der Waals surface area (Å²) in [6.07, 6.45) is 0. The monoisotopic (exact) mass is 364 g/mol. The first-order chi connectivity index (χ1) is 12.5. The lowest BCUT2D eigenvalue weighted by atomic mass is 9.83. The van der Waals surface area contributed by atoms with E-state index in [1.54, 1.807) is 36.4 Å². The van der Waals surface area contributed by atoms with Gasteiger partial charge in [-0.15, -0.1) is 12.6 Å². The van der Waals surface area contributed by atoms with E-state index in [9.17, 15) is 19.8 Å². The minimum atomic E-state index is -0.542. The maximum atomic E-state index is 12.8. The number of phenolic OH excluding ortho intramolecular Hbond substituents is 2. The third-order valence-corrected chi connectivity index (χ3v) is 4.48. The first-order valence-corrected chi connectivity index (χ1v) is 8.16. The molecule has 0 saturated heterocycles. The molecule has 2 N–H and O–H groups in total. The van der Waals surface area contributed by atoms with Crippen LogP contribution in [0.4, 0.5) is 0 Å². The van der Waals surface area contributed by atoms with Crippen LogP contribution in [0.3, 0.4) is 0 Å². The van der Waals surface area contributed by atoms with Crippen LogP contribution in [-0.4, -0.2) is 21.8 Å². The summed E-state index contributed by atoms with van der Waals surface area (Å²) in [5.74, 6) is -1.71. The van der Waals surface area contributed by atoms with Crippen LogP contribution in [0.25, 0.3) is 0 Å². The number of rotatable bonds is 2. The molecule has 0 amide bonds. The summed E-state index contributed by atoms with van der Waals surface area (Å²) < 4.78 is 5.58. The van der Waals surface area contributed by atoms with E-state index in [2.05, 4.69) is 12.6 Å². The molecule has 3 aromatic carbocycles. The Morgan fingerprint density at radius 3 is 2.00 bits per heavy atom. The zero-order valence-corrected chi connectivity index (χ0v) is 14.2. The molecule has 0 aromatic heterocycles. The van der Waals surface area contributed by atoms with E-state index in [0.29, 0.717) is 5.75 Å². The predicted molar refractivity (Wildman–Crippen MR) is 96.8 cm³/mol. The number of ether oxygens (including phenoxy) is 1. The molecule has 0 saturated carbocycles. The SMILES string of the molecule is O=C1c2ccccc2C(=O)c2c(O)c(Oc3ccc(S)cc3)cc(O)c21. The molecule has 0 heterocycles. The molecule has 0 fully saturated rings. The molecular weight excluding hydrogens is 352 g/mol. The molecule has 0 atom stereocenters. The fourth-order valence-corrected chi connectivity index (χ4v) is 3.10. The zero-order chi connectivity index (χ0) is 18.4. The molecule has 0 radical (unpaired) electrons. The second-order valence-corrected chi connectivity index (χ2v) is 6.31. The number of ketones is 2. The number of thiol groups is 1. The van der Waals surface area contributed by atoms with E-state index in [0.717, 1.165) is 11.0 Å². The Morgan fingerprint density at radius 2 is 1.38 bits per heavy atom. The van der Waals surface area contributed by atoms with Crippen LogP contribution in [0.1, 0.15) is 31.8 Å². The maximum absolute atomic E-state index is 12.8. The molecule has 0 spiro atoms. The summed E-state index contributed by atoms with van der Waals surface area (Å²) in [4.78, 5) is 26.2. The Balaban J connectivity index is 1.87. The van der Waals surface area contributed by atoms with Gasteiger partial charge in [-0.1, -0.05) is 24.3 Å². The van der Waals surface area contributed by atoms with Crippen molar-refractivity contribution in [1.29, 1.82) is 0 Å². The summed E-state index contributed by atoms with van der Waals surface area (Å²) in [5, 5.41) is 20.9.